The molecule has 6 aromatic carbocycles. The standard InChI is InChI=1S/C47H28N6.Pt/c1-3-17-40-35(12-1)38-15-8-16-39(45(38)50-40)47-51-46-34(14-9-19-42(46)52(47)33-11-7-10-31(28-33)30-23-26-48-27-24-30)32-21-22-37-36-13-2-4-18-41(36)53(43(37)29-32)44-20-5-6-25-49-44;/h1-28H;/q-2;+2. The summed E-state index contributed by atoms with van der Waals surface area (Å²) in [6.45, 7) is 0. The first-order valence-electron chi connectivity index (χ1n) is 17.6. The molecule has 256 valence electrons. The van der Waals surface area contributed by atoms with Crippen LogP contribution in [0.1, 0.15) is 0 Å². The topological polar surface area (TPSA) is 62.6 Å². The molecule has 0 fully saturated rings. The zero-order chi connectivity index (χ0) is 34.9. The number of para-hydroxylation sites is 4. The molecule has 0 bridgehead atoms. The fourth-order valence-electron chi connectivity index (χ4n) is 7.88. The van der Waals surface area contributed by atoms with Gasteiger partial charge in [0.2, 0.25) is 0 Å². The maximum atomic E-state index is 5.54. The molecule has 0 N–H and O–H groups in total. The van der Waals surface area contributed by atoms with Gasteiger partial charge in [-0.3, -0.25) is 9.55 Å². The molecule has 6 nitrogen and oxygen atoms in total. The van der Waals surface area contributed by atoms with Crippen LogP contribution < -0.4 is 4.98 Å². The van der Waals surface area contributed by atoms with E-state index in [0.717, 1.165) is 99.8 Å². The van der Waals surface area contributed by atoms with E-state index in [4.69, 9.17) is 15.0 Å². The molecule has 11 rings (SSSR count). The summed E-state index contributed by atoms with van der Waals surface area (Å²) in [6, 6.07) is 56.6. The normalized spacial score (nSPS) is 11.6. The van der Waals surface area contributed by atoms with Crippen LogP contribution in [0.4, 0.5) is 0 Å². The Morgan fingerprint density at radius 2 is 1.30 bits per heavy atom. The minimum Gasteiger partial charge on any atom is -0.656 e. The number of rotatable bonds is 5. The molecule has 0 amide bonds. The van der Waals surface area contributed by atoms with E-state index in [-0.39, 0.29) is 21.1 Å². The Kier molecular flexibility index (Phi) is 7.60. The van der Waals surface area contributed by atoms with Crippen molar-refractivity contribution >= 4 is 54.6 Å². The quantitative estimate of drug-likeness (QED) is 0.162. The van der Waals surface area contributed by atoms with Crippen LogP contribution in [0.15, 0.2) is 170 Å². The molecule has 0 saturated carbocycles. The summed E-state index contributed by atoms with van der Waals surface area (Å²) in [7, 11) is 0. The zero-order valence-electron chi connectivity index (χ0n) is 28.7. The molecular weight excluding hydrogens is 844 g/mol. The maximum Gasteiger partial charge on any atom is 2.00 e. The number of pyridine rings is 2. The van der Waals surface area contributed by atoms with Crippen molar-refractivity contribution in [3.63, 3.8) is 0 Å². The number of nitrogens with zero attached hydrogens (tertiary/aromatic N) is 6. The second-order valence-electron chi connectivity index (χ2n) is 13.2. The first-order valence-corrected chi connectivity index (χ1v) is 17.6. The van der Waals surface area contributed by atoms with Gasteiger partial charge in [-0.05, 0) is 81.3 Å². The molecular formula is C47H28N6Pt. The van der Waals surface area contributed by atoms with Gasteiger partial charge in [-0.25, -0.2) is 9.97 Å². The largest absolute Gasteiger partial charge is 2.00 e. The maximum absolute atomic E-state index is 5.54. The molecule has 7 heteroatoms. The van der Waals surface area contributed by atoms with E-state index in [0.29, 0.717) is 0 Å². The molecule has 0 radical (unpaired) electrons. The molecule has 54 heavy (non-hydrogen) atoms. The van der Waals surface area contributed by atoms with E-state index in [9.17, 15) is 0 Å². The monoisotopic (exact) mass is 871 g/mol. The predicted octanol–water partition coefficient (Wildman–Crippen LogP) is 11.0. The third-order valence-corrected chi connectivity index (χ3v) is 10.3. The summed E-state index contributed by atoms with van der Waals surface area (Å²) in [6.07, 6.45) is 5.50. The van der Waals surface area contributed by atoms with E-state index >= 15 is 0 Å². The molecule has 5 heterocycles. The second kappa shape index (κ2) is 12.8. The van der Waals surface area contributed by atoms with Gasteiger partial charge in [0.05, 0.1) is 11.0 Å². The fraction of sp³-hybridized carbons (Fsp3) is 0. The smallest absolute Gasteiger partial charge is 0.656 e. The van der Waals surface area contributed by atoms with Gasteiger partial charge in [0.1, 0.15) is 11.6 Å². The number of hydrogen-bond acceptors (Lipinski definition) is 3. The summed E-state index contributed by atoms with van der Waals surface area (Å²) in [5.74, 6) is 1.69. The Morgan fingerprint density at radius 3 is 2.19 bits per heavy atom. The summed E-state index contributed by atoms with van der Waals surface area (Å²) in [5.41, 5.74) is 12.0. The molecule has 0 unspecified atom stereocenters. The summed E-state index contributed by atoms with van der Waals surface area (Å²) < 4.78 is 4.48. The Morgan fingerprint density at radius 1 is 0.537 bits per heavy atom. The SMILES string of the molecule is [Pt+2].[c-]1c(-c2cccc3c2nc(-c2cccc4c2[n-]c2ccccc24)n3-c2cccc(-c3ccncc3)c2)ccc2c3ccccc3n(-c3ccccn3)c12. The second-order valence-corrected chi connectivity index (χ2v) is 13.2. The van der Waals surface area contributed by atoms with E-state index in [1.54, 1.807) is 0 Å². The van der Waals surface area contributed by atoms with Gasteiger partial charge in [-0.15, -0.1) is 34.8 Å². The van der Waals surface area contributed by atoms with Crippen molar-refractivity contribution in [1.82, 2.24) is 29.1 Å². The molecule has 5 aromatic heterocycles. The number of fused-ring (bicyclic) bond motifs is 7. The average molecular weight is 872 g/mol. The third kappa shape index (κ3) is 4.95. The van der Waals surface area contributed by atoms with Crippen LogP contribution in [0, 0.1) is 6.07 Å². The molecule has 0 atom stereocenters. The van der Waals surface area contributed by atoms with Crippen molar-refractivity contribution in [2.75, 3.05) is 0 Å². The van der Waals surface area contributed by atoms with Crippen LogP contribution in [-0.4, -0.2) is 24.1 Å². The van der Waals surface area contributed by atoms with Gasteiger partial charge in [0.25, 0.3) is 0 Å². The predicted molar refractivity (Wildman–Crippen MR) is 214 cm³/mol. The van der Waals surface area contributed by atoms with E-state index in [1.807, 2.05) is 55.0 Å². The Labute approximate surface area is 324 Å². The molecule has 0 aliphatic heterocycles. The molecule has 0 saturated heterocycles. The van der Waals surface area contributed by atoms with Crippen molar-refractivity contribution in [2.45, 2.75) is 0 Å². The number of aromatic nitrogens is 6. The van der Waals surface area contributed by atoms with Crippen LogP contribution in [-0.2, 0) is 21.1 Å². The van der Waals surface area contributed by atoms with Crippen molar-refractivity contribution in [2.24, 2.45) is 0 Å². The van der Waals surface area contributed by atoms with Crippen molar-refractivity contribution in [3.05, 3.63) is 176 Å². The number of hydrogen-bond donors (Lipinski definition) is 0. The summed E-state index contributed by atoms with van der Waals surface area (Å²) in [5, 5.41) is 4.54. The average Bonchev–Trinajstić information content (AvgIpc) is 3.91. The Bertz CT molecular complexity index is 3180. The first kappa shape index (κ1) is 32.1. The Balaban J connectivity index is 0.00000361. The number of benzene rings is 6. The van der Waals surface area contributed by atoms with Crippen LogP contribution in [0.25, 0.3) is 99.8 Å². The van der Waals surface area contributed by atoms with Gasteiger partial charge in [-0.1, -0.05) is 102 Å². The van der Waals surface area contributed by atoms with Crippen molar-refractivity contribution in [3.8, 4) is 45.1 Å². The van der Waals surface area contributed by atoms with E-state index < -0.39 is 0 Å². The minimum atomic E-state index is 0. The summed E-state index contributed by atoms with van der Waals surface area (Å²) >= 11 is 0. The number of imidazole rings is 1. The van der Waals surface area contributed by atoms with E-state index in [2.05, 4.69) is 135 Å². The van der Waals surface area contributed by atoms with Crippen LogP contribution in [0.2, 0.25) is 0 Å². The van der Waals surface area contributed by atoms with Crippen molar-refractivity contribution < 1.29 is 21.1 Å². The van der Waals surface area contributed by atoms with Gasteiger partial charge >= 0.3 is 21.1 Å². The molecule has 0 aliphatic carbocycles. The van der Waals surface area contributed by atoms with Crippen LogP contribution in [0.5, 0.6) is 0 Å². The minimum absolute atomic E-state index is 0. The fourth-order valence-corrected chi connectivity index (χ4v) is 7.88. The van der Waals surface area contributed by atoms with Gasteiger partial charge in [0, 0.05) is 35.4 Å². The van der Waals surface area contributed by atoms with E-state index in [1.165, 1.54) is 0 Å². The van der Waals surface area contributed by atoms with Crippen molar-refractivity contribution in [1.29, 1.82) is 0 Å². The van der Waals surface area contributed by atoms with Gasteiger partial charge < -0.3 is 9.55 Å². The molecule has 0 aliphatic rings. The molecule has 11 aromatic rings. The van der Waals surface area contributed by atoms with Crippen LogP contribution in [0.3, 0.4) is 0 Å². The Hall–Kier alpha value is -6.62. The third-order valence-electron chi connectivity index (χ3n) is 10.3. The first-order chi connectivity index (χ1) is 26.3. The molecule has 0 spiro atoms. The zero-order valence-corrected chi connectivity index (χ0v) is 30.9. The van der Waals surface area contributed by atoms with Gasteiger partial charge in [-0.2, -0.15) is 0 Å². The van der Waals surface area contributed by atoms with Gasteiger partial charge in [0.15, 0.2) is 0 Å². The summed E-state index contributed by atoms with van der Waals surface area (Å²) in [4.78, 5) is 19.7. The van der Waals surface area contributed by atoms with Crippen LogP contribution >= 0.6 is 0 Å².